The van der Waals surface area contributed by atoms with Crippen molar-refractivity contribution in [3.8, 4) is 5.75 Å². The van der Waals surface area contributed by atoms with Gasteiger partial charge in [0.2, 0.25) is 5.91 Å². The van der Waals surface area contributed by atoms with Crippen LogP contribution in [0, 0.1) is 5.92 Å². The zero-order valence-corrected chi connectivity index (χ0v) is 9.73. The summed E-state index contributed by atoms with van der Waals surface area (Å²) in [6.07, 6.45) is 2.61. The predicted molar refractivity (Wildman–Crippen MR) is 65.5 cm³/mol. The van der Waals surface area contributed by atoms with Crippen LogP contribution in [-0.2, 0) is 11.2 Å². The fourth-order valence-electron chi connectivity index (χ4n) is 1.98. The Morgan fingerprint density at radius 2 is 2.29 bits per heavy atom. The van der Waals surface area contributed by atoms with E-state index in [4.69, 9.17) is 5.73 Å². The first-order chi connectivity index (χ1) is 8.19. The van der Waals surface area contributed by atoms with Crippen molar-refractivity contribution in [2.45, 2.75) is 25.3 Å². The summed E-state index contributed by atoms with van der Waals surface area (Å²) < 4.78 is 0. The van der Waals surface area contributed by atoms with E-state index in [0.29, 0.717) is 12.5 Å². The zero-order chi connectivity index (χ0) is 12.3. The van der Waals surface area contributed by atoms with E-state index in [0.717, 1.165) is 18.4 Å². The van der Waals surface area contributed by atoms with Gasteiger partial charge in [-0.05, 0) is 36.5 Å². The average molecular weight is 234 g/mol. The normalized spacial score (nSPS) is 16.5. The van der Waals surface area contributed by atoms with Crippen molar-refractivity contribution in [2.75, 3.05) is 6.54 Å². The number of carbonyl (C=O) groups is 1. The summed E-state index contributed by atoms with van der Waals surface area (Å²) in [6, 6.07) is 6.87. The molecule has 1 amide bonds. The molecule has 0 spiro atoms. The summed E-state index contributed by atoms with van der Waals surface area (Å²) in [7, 11) is 0. The lowest BCUT2D eigenvalue weighted by atomic mass is 10.1. The fraction of sp³-hybridized carbons (Fsp3) is 0.462. The Kier molecular flexibility index (Phi) is 3.64. The Morgan fingerprint density at radius 1 is 1.53 bits per heavy atom. The SMILES string of the molecule is NCC(NC(=O)Cc1cccc(O)c1)C1CC1. The molecule has 1 saturated carbocycles. The molecule has 4 N–H and O–H groups in total. The number of phenols is 1. The number of aromatic hydroxyl groups is 1. The molecular weight excluding hydrogens is 216 g/mol. The molecule has 92 valence electrons. The second kappa shape index (κ2) is 5.19. The first-order valence-corrected chi connectivity index (χ1v) is 5.96. The van der Waals surface area contributed by atoms with Gasteiger partial charge in [0.15, 0.2) is 0 Å². The standard InChI is InChI=1S/C13H18N2O2/c14-8-12(10-4-5-10)15-13(17)7-9-2-1-3-11(16)6-9/h1-3,6,10,12,16H,4-5,7-8,14H2,(H,15,17). The number of amides is 1. The summed E-state index contributed by atoms with van der Waals surface area (Å²) in [5, 5.41) is 12.3. The second-order valence-corrected chi connectivity index (χ2v) is 4.59. The number of rotatable bonds is 5. The Morgan fingerprint density at radius 3 is 2.88 bits per heavy atom. The third kappa shape index (κ3) is 3.46. The molecule has 17 heavy (non-hydrogen) atoms. The number of nitrogens with two attached hydrogens (primary N) is 1. The molecule has 1 unspecified atom stereocenters. The molecule has 0 heterocycles. The van der Waals surface area contributed by atoms with Crippen LogP contribution in [0.3, 0.4) is 0 Å². The van der Waals surface area contributed by atoms with E-state index in [-0.39, 0.29) is 24.1 Å². The number of carbonyl (C=O) groups excluding carboxylic acids is 1. The van der Waals surface area contributed by atoms with Crippen molar-refractivity contribution in [3.05, 3.63) is 29.8 Å². The monoisotopic (exact) mass is 234 g/mol. The van der Waals surface area contributed by atoms with Gasteiger partial charge in [-0.2, -0.15) is 0 Å². The van der Waals surface area contributed by atoms with Crippen molar-refractivity contribution < 1.29 is 9.90 Å². The third-order valence-electron chi connectivity index (χ3n) is 3.07. The molecule has 1 atom stereocenters. The molecule has 1 aromatic rings. The molecule has 0 bridgehead atoms. The summed E-state index contributed by atoms with van der Waals surface area (Å²) in [4.78, 5) is 11.8. The molecule has 1 aromatic carbocycles. The Labute approximate surface area is 101 Å². The molecule has 1 aliphatic rings. The van der Waals surface area contributed by atoms with Gasteiger partial charge < -0.3 is 16.2 Å². The van der Waals surface area contributed by atoms with Crippen LogP contribution in [0.15, 0.2) is 24.3 Å². The molecule has 0 saturated heterocycles. The van der Waals surface area contributed by atoms with Gasteiger partial charge in [0, 0.05) is 12.6 Å². The predicted octanol–water partition coefficient (Wildman–Crippen LogP) is 0.788. The van der Waals surface area contributed by atoms with Gasteiger partial charge in [-0.25, -0.2) is 0 Å². The van der Waals surface area contributed by atoms with E-state index in [1.54, 1.807) is 18.2 Å². The largest absolute Gasteiger partial charge is 0.508 e. The lowest BCUT2D eigenvalue weighted by molar-refractivity contribution is -0.121. The number of hydrogen-bond donors (Lipinski definition) is 3. The average Bonchev–Trinajstić information content (AvgIpc) is 3.09. The molecule has 1 aliphatic carbocycles. The van der Waals surface area contributed by atoms with Crippen LogP contribution in [0.2, 0.25) is 0 Å². The highest BCUT2D eigenvalue weighted by Gasteiger charge is 2.31. The zero-order valence-electron chi connectivity index (χ0n) is 9.73. The number of hydrogen-bond acceptors (Lipinski definition) is 3. The van der Waals surface area contributed by atoms with Crippen molar-refractivity contribution in [2.24, 2.45) is 11.7 Å². The first-order valence-electron chi connectivity index (χ1n) is 5.96. The van der Waals surface area contributed by atoms with Gasteiger partial charge in [-0.1, -0.05) is 12.1 Å². The molecular formula is C13H18N2O2. The highest BCUT2D eigenvalue weighted by molar-refractivity contribution is 5.79. The van der Waals surface area contributed by atoms with Crippen LogP contribution in [-0.4, -0.2) is 23.6 Å². The highest BCUT2D eigenvalue weighted by Crippen LogP contribution is 2.32. The van der Waals surface area contributed by atoms with Crippen molar-refractivity contribution in [1.82, 2.24) is 5.32 Å². The van der Waals surface area contributed by atoms with Gasteiger partial charge in [0.1, 0.15) is 5.75 Å². The van der Waals surface area contributed by atoms with Gasteiger partial charge in [0.25, 0.3) is 0 Å². The van der Waals surface area contributed by atoms with Gasteiger partial charge in [-0.15, -0.1) is 0 Å². The van der Waals surface area contributed by atoms with Crippen LogP contribution >= 0.6 is 0 Å². The van der Waals surface area contributed by atoms with E-state index in [1.165, 1.54) is 0 Å². The Balaban J connectivity index is 1.88. The lowest BCUT2D eigenvalue weighted by Crippen LogP contribution is -2.42. The van der Waals surface area contributed by atoms with E-state index in [9.17, 15) is 9.90 Å². The molecule has 4 nitrogen and oxygen atoms in total. The van der Waals surface area contributed by atoms with Crippen LogP contribution in [0.1, 0.15) is 18.4 Å². The lowest BCUT2D eigenvalue weighted by Gasteiger charge is -2.15. The summed E-state index contributed by atoms with van der Waals surface area (Å²) in [5.74, 6) is 0.721. The quantitative estimate of drug-likeness (QED) is 0.705. The van der Waals surface area contributed by atoms with Crippen LogP contribution in [0.5, 0.6) is 5.75 Å². The summed E-state index contributed by atoms with van der Waals surface area (Å²) >= 11 is 0. The van der Waals surface area contributed by atoms with Gasteiger partial charge >= 0.3 is 0 Å². The van der Waals surface area contributed by atoms with Crippen molar-refractivity contribution >= 4 is 5.91 Å². The van der Waals surface area contributed by atoms with E-state index in [1.807, 2.05) is 6.07 Å². The minimum absolute atomic E-state index is 0.0297. The number of benzene rings is 1. The first kappa shape index (κ1) is 11.9. The molecule has 4 heteroatoms. The van der Waals surface area contributed by atoms with Crippen molar-refractivity contribution in [1.29, 1.82) is 0 Å². The smallest absolute Gasteiger partial charge is 0.224 e. The maximum Gasteiger partial charge on any atom is 0.224 e. The van der Waals surface area contributed by atoms with Gasteiger partial charge in [0.05, 0.1) is 6.42 Å². The van der Waals surface area contributed by atoms with Crippen LogP contribution in [0.25, 0.3) is 0 Å². The minimum Gasteiger partial charge on any atom is -0.508 e. The Bertz CT molecular complexity index is 402. The Hall–Kier alpha value is -1.55. The molecule has 0 radical (unpaired) electrons. The topological polar surface area (TPSA) is 75.3 Å². The summed E-state index contributed by atoms with van der Waals surface area (Å²) in [6.45, 7) is 0.496. The fourth-order valence-corrected chi connectivity index (χ4v) is 1.98. The maximum atomic E-state index is 11.8. The van der Waals surface area contributed by atoms with E-state index >= 15 is 0 Å². The van der Waals surface area contributed by atoms with Crippen LogP contribution in [0.4, 0.5) is 0 Å². The van der Waals surface area contributed by atoms with E-state index in [2.05, 4.69) is 5.32 Å². The number of nitrogens with one attached hydrogen (secondary N) is 1. The van der Waals surface area contributed by atoms with Crippen molar-refractivity contribution in [3.63, 3.8) is 0 Å². The van der Waals surface area contributed by atoms with Crippen LogP contribution < -0.4 is 11.1 Å². The minimum atomic E-state index is -0.0297. The highest BCUT2D eigenvalue weighted by atomic mass is 16.3. The second-order valence-electron chi connectivity index (χ2n) is 4.59. The molecule has 0 aromatic heterocycles. The maximum absolute atomic E-state index is 11.8. The van der Waals surface area contributed by atoms with E-state index < -0.39 is 0 Å². The number of phenolic OH excluding ortho intramolecular Hbond substituents is 1. The summed E-state index contributed by atoms with van der Waals surface area (Å²) in [5.41, 5.74) is 6.44. The molecule has 0 aliphatic heterocycles. The van der Waals surface area contributed by atoms with Gasteiger partial charge in [-0.3, -0.25) is 4.79 Å². The molecule has 1 fully saturated rings. The molecule has 2 rings (SSSR count). The third-order valence-corrected chi connectivity index (χ3v) is 3.07.